The minimum Gasteiger partial charge on any atom is -0.478 e. The van der Waals surface area contributed by atoms with Crippen LogP contribution in [-0.4, -0.2) is 80.9 Å². The summed E-state index contributed by atoms with van der Waals surface area (Å²) >= 11 is 0. The first-order chi connectivity index (χ1) is 15.5. The predicted octanol–water partition coefficient (Wildman–Crippen LogP) is 2.04. The first kappa shape index (κ1) is 41.0. The third-order valence-corrected chi connectivity index (χ3v) is 3.30. The monoisotopic (exact) mass is 492 g/mol. The standard InChI is InChI=1S/C6H14O3.C5H8O2.3C4H6O2/c1-2-6(3-7,4-8)5-9;1-3-5(6)7-4-2;3*1-3(2)4(5)6/h7-9H,2-5H2,1H3;3H,1,4H2,2H3;3*1H2,2H3,(H,5,6). The van der Waals surface area contributed by atoms with E-state index in [2.05, 4.69) is 31.1 Å². The smallest absolute Gasteiger partial charge is 0.330 e. The number of aliphatic hydroxyl groups excluding tert-OH is 3. The number of hydrogen-bond donors (Lipinski definition) is 6. The van der Waals surface area contributed by atoms with Crippen LogP contribution in [0.3, 0.4) is 0 Å². The van der Waals surface area contributed by atoms with Crippen molar-refractivity contribution < 1.29 is 54.6 Å². The molecule has 0 fully saturated rings. The SMILES string of the molecule is C=C(C)C(=O)O.C=C(C)C(=O)O.C=C(C)C(=O)O.C=CC(=O)OCC.CCC(CO)(CO)CO. The lowest BCUT2D eigenvalue weighted by atomic mass is 9.88. The second kappa shape index (κ2) is 26.0. The fourth-order valence-electron chi connectivity index (χ4n) is 0.687. The number of carbonyl (C=O) groups is 4. The van der Waals surface area contributed by atoms with Gasteiger partial charge in [-0.1, -0.05) is 33.2 Å². The minimum absolute atomic E-state index is 0.156. The summed E-state index contributed by atoms with van der Waals surface area (Å²) in [6, 6.07) is 0. The third kappa shape index (κ3) is 33.4. The van der Waals surface area contributed by atoms with Crippen molar-refractivity contribution in [3.63, 3.8) is 0 Å². The molecule has 0 atom stereocenters. The Kier molecular flexibility index (Phi) is 31.3. The average Bonchev–Trinajstić information content (AvgIpc) is 2.77. The summed E-state index contributed by atoms with van der Waals surface area (Å²) in [7, 11) is 0. The Bertz CT molecular complexity index is 549. The lowest BCUT2D eigenvalue weighted by Gasteiger charge is -2.24. The second-order valence-electron chi connectivity index (χ2n) is 6.54. The van der Waals surface area contributed by atoms with Gasteiger partial charge in [0.05, 0.1) is 26.4 Å². The first-order valence-corrected chi connectivity index (χ1v) is 9.76. The zero-order valence-electron chi connectivity index (χ0n) is 20.7. The summed E-state index contributed by atoms with van der Waals surface area (Å²) in [5.41, 5.74) is -0.139. The van der Waals surface area contributed by atoms with Crippen LogP contribution in [0.25, 0.3) is 0 Å². The number of carboxylic acids is 3. The molecule has 0 saturated heterocycles. The minimum atomic E-state index is -0.935. The van der Waals surface area contributed by atoms with Crippen molar-refractivity contribution >= 4 is 23.9 Å². The molecule has 11 heteroatoms. The Balaban J connectivity index is -0.000000104. The molecule has 0 spiro atoms. The van der Waals surface area contributed by atoms with Gasteiger partial charge in [0.15, 0.2) is 0 Å². The van der Waals surface area contributed by atoms with Gasteiger partial charge < -0.3 is 35.4 Å². The van der Waals surface area contributed by atoms with Crippen molar-refractivity contribution in [3.8, 4) is 0 Å². The largest absolute Gasteiger partial charge is 0.478 e. The normalized spacial score (nSPS) is 8.71. The molecule has 0 aliphatic carbocycles. The van der Waals surface area contributed by atoms with Gasteiger partial charge >= 0.3 is 23.9 Å². The first-order valence-electron chi connectivity index (χ1n) is 9.76. The summed E-state index contributed by atoms with van der Waals surface area (Å²) in [5.74, 6) is -3.16. The molecule has 6 N–H and O–H groups in total. The fourth-order valence-corrected chi connectivity index (χ4v) is 0.687. The Labute approximate surface area is 201 Å². The van der Waals surface area contributed by atoms with Crippen LogP contribution in [0.15, 0.2) is 49.1 Å². The van der Waals surface area contributed by atoms with Crippen LogP contribution in [0, 0.1) is 5.41 Å². The lowest BCUT2D eigenvalue weighted by molar-refractivity contribution is -0.137. The van der Waals surface area contributed by atoms with E-state index in [1.807, 2.05) is 6.92 Å². The maximum atomic E-state index is 10.1. The van der Waals surface area contributed by atoms with Crippen LogP contribution in [-0.2, 0) is 23.9 Å². The second-order valence-corrected chi connectivity index (χ2v) is 6.54. The molecule has 11 nitrogen and oxygen atoms in total. The van der Waals surface area contributed by atoms with Crippen molar-refractivity contribution in [2.75, 3.05) is 26.4 Å². The van der Waals surface area contributed by atoms with Gasteiger partial charge in [0.2, 0.25) is 0 Å². The zero-order chi connectivity index (χ0) is 28.5. The van der Waals surface area contributed by atoms with Crippen LogP contribution >= 0.6 is 0 Å². The molecule has 0 unspecified atom stereocenters. The highest BCUT2D eigenvalue weighted by atomic mass is 16.5. The van der Waals surface area contributed by atoms with E-state index in [4.69, 9.17) is 30.6 Å². The molecular formula is C23H40O11. The highest BCUT2D eigenvalue weighted by molar-refractivity contribution is 5.85. The number of rotatable bonds is 9. The molecule has 198 valence electrons. The summed E-state index contributed by atoms with van der Waals surface area (Å²) < 4.78 is 4.43. The predicted molar refractivity (Wildman–Crippen MR) is 128 cm³/mol. The van der Waals surface area contributed by atoms with Crippen molar-refractivity contribution in [3.05, 3.63) is 49.1 Å². The van der Waals surface area contributed by atoms with Gasteiger partial charge in [0.25, 0.3) is 0 Å². The number of ether oxygens (including phenoxy) is 1. The highest BCUT2D eigenvalue weighted by Crippen LogP contribution is 2.18. The molecule has 0 aromatic heterocycles. The zero-order valence-corrected chi connectivity index (χ0v) is 20.7. The maximum Gasteiger partial charge on any atom is 0.330 e. The molecule has 0 saturated carbocycles. The topological polar surface area (TPSA) is 199 Å². The molecule has 0 aromatic carbocycles. The van der Waals surface area contributed by atoms with E-state index < -0.39 is 23.3 Å². The maximum absolute atomic E-state index is 10.1. The van der Waals surface area contributed by atoms with Gasteiger partial charge in [-0.2, -0.15) is 0 Å². The van der Waals surface area contributed by atoms with Gasteiger partial charge in [-0.15, -0.1) is 0 Å². The molecule has 0 radical (unpaired) electrons. The Morgan fingerprint density at radius 3 is 1.00 bits per heavy atom. The van der Waals surface area contributed by atoms with E-state index in [0.717, 1.165) is 6.08 Å². The Morgan fingerprint density at radius 2 is 0.971 bits per heavy atom. The van der Waals surface area contributed by atoms with Crippen molar-refractivity contribution in [1.29, 1.82) is 0 Å². The molecule has 0 aromatic rings. The fraction of sp³-hybridized carbons (Fsp3) is 0.478. The average molecular weight is 493 g/mol. The van der Waals surface area contributed by atoms with E-state index in [1.54, 1.807) is 6.92 Å². The molecule has 0 bridgehead atoms. The van der Waals surface area contributed by atoms with Crippen molar-refractivity contribution in [1.82, 2.24) is 0 Å². The quantitative estimate of drug-likeness (QED) is 0.203. The summed E-state index contributed by atoms with van der Waals surface area (Å²) in [5, 5.41) is 49.6. The number of aliphatic hydroxyl groups is 3. The van der Waals surface area contributed by atoms with Gasteiger partial charge in [0.1, 0.15) is 0 Å². The molecule has 0 rings (SSSR count). The van der Waals surface area contributed by atoms with E-state index in [9.17, 15) is 19.2 Å². The van der Waals surface area contributed by atoms with Crippen molar-refractivity contribution in [2.24, 2.45) is 5.41 Å². The Hall–Kier alpha value is -3.28. The van der Waals surface area contributed by atoms with Crippen LogP contribution < -0.4 is 0 Å². The molecule has 34 heavy (non-hydrogen) atoms. The van der Waals surface area contributed by atoms with Gasteiger partial charge in [-0.05, 0) is 34.1 Å². The van der Waals surface area contributed by atoms with Crippen LogP contribution in [0.2, 0.25) is 0 Å². The summed E-state index contributed by atoms with van der Waals surface area (Å²) in [6.07, 6.45) is 1.74. The molecule has 0 aliphatic heterocycles. The number of hydrogen-bond acceptors (Lipinski definition) is 8. The van der Waals surface area contributed by atoms with E-state index in [1.165, 1.54) is 20.8 Å². The van der Waals surface area contributed by atoms with Crippen LogP contribution in [0.4, 0.5) is 0 Å². The number of carboxylic acid groups (broad SMARTS) is 3. The number of carbonyl (C=O) groups excluding carboxylic acids is 1. The molecular weight excluding hydrogens is 452 g/mol. The van der Waals surface area contributed by atoms with Gasteiger partial charge in [-0.3, -0.25) is 0 Å². The van der Waals surface area contributed by atoms with Gasteiger partial charge in [-0.25, -0.2) is 19.2 Å². The van der Waals surface area contributed by atoms with Crippen LogP contribution in [0.5, 0.6) is 0 Å². The molecule has 0 amide bonds. The third-order valence-electron chi connectivity index (χ3n) is 3.30. The Morgan fingerprint density at radius 1 is 0.735 bits per heavy atom. The highest BCUT2D eigenvalue weighted by Gasteiger charge is 2.24. The summed E-state index contributed by atoms with van der Waals surface area (Å²) in [6.45, 7) is 20.5. The molecule has 0 aliphatic rings. The number of esters is 1. The summed E-state index contributed by atoms with van der Waals surface area (Å²) in [4.78, 5) is 38.9. The lowest BCUT2D eigenvalue weighted by Crippen LogP contribution is -2.32. The van der Waals surface area contributed by atoms with Crippen molar-refractivity contribution in [2.45, 2.75) is 41.0 Å². The van der Waals surface area contributed by atoms with Crippen LogP contribution in [0.1, 0.15) is 41.0 Å². The van der Waals surface area contributed by atoms with Gasteiger partial charge in [0, 0.05) is 28.2 Å². The van der Waals surface area contributed by atoms with E-state index >= 15 is 0 Å². The van der Waals surface area contributed by atoms with E-state index in [0.29, 0.717) is 13.0 Å². The van der Waals surface area contributed by atoms with E-state index in [-0.39, 0.29) is 42.5 Å². The number of aliphatic carboxylic acids is 3. The molecule has 0 heterocycles.